The second kappa shape index (κ2) is 15.8. The second-order valence-electron chi connectivity index (χ2n) is 15.6. The van der Waals surface area contributed by atoms with Gasteiger partial charge in [0.15, 0.2) is 0 Å². The van der Waals surface area contributed by atoms with Crippen LogP contribution < -0.4 is 30.1 Å². The molecule has 2 saturated carbocycles. The molecular formula is C41H50N6O8S. The number of urea groups is 1. The molecule has 0 unspecified atom stereocenters. The molecular weight excluding hydrogens is 737 g/mol. The van der Waals surface area contributed by atoms with E-state index in [1.54, 1.807) is 7.11 Å². The van der Waals surface area contributed by atoms with Gasteiger partial charge in [-0.15, -0.1) is 6.58 Å². The lowest BCUT2D eigenvalue weighted by Gasteiger charge is -2.31. The summed E-state index contributed by atoms with van der Waals surface area (Å²) in [6.07, 6.45) is 5.09. The lowest BCUT2D eigenvalue weighted by molar-refractivity contribution is -0.141. The molecule has 4 bridgehead atoms. The number of nitrogens with one attached hydrogen (secondary N) is 4. The molecule has 0 radical (unpaired) electrons. The van der Waals surface area contributed by atoms with E-state index in [2.05, 4.69) is 27.3 Å². The topological polar surface area (TPSA) is 185 Å². The minimum absolute atomic E-state index is 0.00290. The van der Waals surface area contributed by atoms with E-state index in [0.717, 1.165) is 42.2 Å². The zero-order valence-electron chi connectivity index (χ0n) is 32.0. The first-order valence-corrected chi connectivity index (χ1v) is 21.0. The molecule has 3 aromatic rings. The summed E-state index contributed by atoms with van der Waals surface area (Å²) < 4.78 is 40.3. The fourth-order valence-corrected chi connectivity index (χ4v) is 9.15. The standard InChI is InChI=1S/C41H50N6O8S/c1-5-27-22-41(27,39(50)46-56(52,53)29-15-16-29)45-37(48)33-19-28-23-47(33)38(49)36(24(2)3)44-40(51)42-17-11-7-10-14-26-18-30-32(21-34(26)54-4)43-31(20-35(30)55-28)25-12-8-6-9-13-25/h5-6,8-9,12-13,18,20-21,24,27-29,33,36H,1,7,10-11,14-17,19,22-23H2,2-4H3,(H,45,48)(H,46,50)(H2,42,44,51)/t27-,28+,33-,36-,41+/m0/s1. The molecule has 2 aliphatic heterocycles. The Balaban J connectivity index is 1.26. The van der Waals surface area contributed by atoms with Crippen LogP contribution in [0.2, 0.25) is 0 Å². The van der Waals surface area contributed by atoms with Crippen LogP contribution >= 0.6 is 0 Å². The number of aromatic nitrogens is 1. The number of carbonyl (C=O) groups excluding carboxylic acids is 4. The number of ether oxygens (including phenoxy) is 2. The molecule has 2 aliphatic carbocycles. The molecule has 5 atom stereocenters. The van der Waals surface area contributed by atoms with Crippen molar-refractivity contribution < 1.29 is 37.1 Å². The first-order chi connectivity index (χ1) is 26.8. The van der Waals surface area contributed by atoms with Crippen molar-refractivity contribution in [1.82, 2.24) is 30.6 Å². The van der Waals surface area contributed by atoms with E-state index < -0.39 is 68.7 Å². The fourth-order valence-electron chi connectivity index (χ4n) is 7.78. The molecule has 0 spiro atoms. The van der Waals surface area contributed by atoms with Crippen LogP contribution in [0.15, 0.2) is 61.2 Å². The van der Waals surface area contributed by atoms with Gasteiger partial charge in [0.25, 0.3) is 5.91 Å². The number of aryl methyl sites for hydroxylation is 1. The molecule has 4 N–H and O–H groups in total. The van der Waals surface area contributed by atoms with Gasteiger partial charge in [0.2, 0.25) is 21.8 Å². The van der Waals surface area contributed by atoms with Crippen LogP contribution in [0.5, 0.6) is 11.5 Å². The number of sulfonamides is 1. The fraction of sp³-hybridized carbons (Fsp3) is 0.488. The highest BCUT2D eigenvalue weighted by Crippen LogP contribution is 2.46. The Hall–Kier alpha value is -5.18. The van der Waals surface area contributed by atoms with Crippen molar-refractivity contribution in [1.29, 1.82) is 0 Å². The zero-order valence-corrected chi connectivity index (χ0v) is 32.8. The first kappa shape index (κ1) is 39.1. The van der Waals surface area contributed by atoms with Crippen LogP contribution in [0.4, 0.5) is 4.79 Å². The Bertz CT molecular complexity index is 2140. The number of benzene rings is 2. The normalized spacial score (nSPS) is 25.7. The molecule has 4 aliphatic rings. The minimum atomic E-state index is -3.90. The molecule has 3 fully saturated rings. The number of methoxy groups -OCH3 is 1. The van der Waals surface area contributed by atoms with Gasteiger partial charge >= 0.3 is 6.03 Å². The van der Waals surface area contributed by atoms with Crippen molar-refractivity contribution in [2.24, 2.45) is 11.8 Å². The van der Waals surface area contributed by atoms with Crippen molar-refractivity contribution >= 4 is 44.7 Å². The Morgan fingerprint density at radius 1 is 1.11 bits per heavy atom. The van der Waals surface area contributed by atoms with E-state index in [-0.39, 0.29) is 25.3 Å². The lowest BCUT2D eigenvalue weighted by atomic mass is 10.0. The van der Waals surface area contributed by atoms with E-state index in [4.69, 9.17) is 14.5 Å². The number of pyridine rings is 1. The van der Waals surface area contributed by atoms with Crippen molar-refractivity contribution in [3.05, 3.63) is 66.7 Å². The summed E-state index contributed by atoms with van der Waals surface area (Å²) in [7, 11) is -2.27. The molecule has 1 aromatic heterocycles. The van der Waals surface area contributed by atoms with Crippen LogP contribution in [0, 0.1) is 11.8 Å². The van der Waals surface area contributed by atoms with Crippen molar-refractivity contribution in [2.45, 2.75) is 94.2 Å². The van der Waals surface area contributed by atoms with Gasteiger partial charge in [-0.1, -0.05) is 56.7 Å². The predicted octanol–water partition coefficient (Wildman–Crippen LogP) is 3.98. The lowest BCUT2D eigenvalue weighted by Crippen LogP contribution is -2.59. The van der Waals surface area contributed by atoms with Crippen molar-refractivity contribution in [3.8, 4) is 22.8 Å². The largest absolute Gasteiger partial charge is 0.496 e. The van der Waals surface area contributed by atoms with Gasteiger partial charge in [0.05, 0.1) is 30.1 Å². The summed E-state index contributed by atoms with van der Waals surface area (Å²) in [5, 5.41) is 8.64. The van der Waals surface area contributed by atoms with E-state index in [9.17, 15) is 27.6 Å². The third kappa shape index (κ3) is 8.04. The molecule has 7 rings (SSSR count). The van der Waals surface area contributed by atoms with Gasteiger partial charge in [-0.05, 0) is 56.1 Å². The molecule has 5 amide bonds. The van der Waals surface area contributed by atoms with Crippen LogP contribution in [0.1, 0.15) is 64.4 Å². The third-order valence-electron chi connectivity index (χ3n) is 11.3. The van der Waals surface area contributed by atoms with Gasteiger partial charge in [-0.2, -0.15) is 0 Å². The zero-order chi connectivity index (χ0) is 39.8. The van der Waals surface area contributed by atoms with Crippen molar-refractivity contribution in [3.63, 3.8) is 0 Å². The maximum Gasteiger partial charge on any atom is 0.315 e. The molecule has 2 aromatic carbocycles. The van der Waals surface area contributed by atoms with E-state index in [1.807, 2.05) is 62.4 Å². The highest BCUT2D eigenvalue weighted by molar-refractivity contribution is 7.91. The average Bonchev–Trinajstić information content (AvgIpc) is 4.11. The summed E-state index contributed by atoms with van der Waals surface area (Å²) in [6, 6.07) is 12.9. The Kier molecular flexibility index (Phi) is 11.0. The second-order valence-corrected chi connectivity index (χ2v) is 17.6. The van der Waals surface area contributed by atoms with Crippen molar-refractivity contribution in [2.75, 3.05) is 20.2 Å². The summed E-state index contributed by atoms with van der Waals surface area (Å²) in [5.41, 5.74) is 1.62. The smallest absolute Gasteiger partial charge is 0.315 e. The number of amides is 5. The number of hydrogen-bond donors (Lipinski definition) is 4. The summed E-state index contributed by atoms with van der Waals surface area (Å²) in [5.74, 6) is -1.59. The molecule has 298 valence electrons. The molecule has 15 heteroatoms. The maximum absolute atomic E-state index is 14.5. The number of fused-ring (bicyclic) bond motifs is 3. The molecule has 14 nitrogen and oxygen atoms in total. The third-order valence-corrected chi connectivity index (χ3v) is 13.1. The van der Waals surface area contributed by atoms with Gasteiger partial charge in [0, 0.05) is 42.0 Å². The van der Waals surface area contributed by atoms with E-state index >= 15 is 0 Å². The van der Waals surface area contributed by atoms with Gasteiger partial charge in [0.1, 0.15) is 35.2 Å². The predicted molar refractivity (Wildman–Crippen MR) is 210 cm³/mol. The van der Waals surface area contributed by atoms with Crippen LogP contribution in [0.25, 0.3) is 22.2 Å². The van der Waals surface area contributed by atoms with Gasteiger partial charge in [-0.25, -0.2) is 18.2 Å². The Morgan fingerprint density at radius 3 is 2.55 bits per heavy atom. The monoisotopic (exact) mass is 786 g/mol. The molecule has 56 heavy (non-hydrogen) atoms. The maximum atomic E-state index is 14.5. The summed E-state index contributed by atoms with van der Waals surface area (Å²) >= 11 is 0. The quantitative estimate of drug-likeness (QED) is 0.233. The highest BCUT2D eigenvalue weighted by atomic mass is 32.2. The number of hydrogen-bond acceptors (Lipinski definition) is 9. The van der Waals surface area contributed by atoms with Crippen LogP contribution in [0.3, 0.4) is 0 Å². The Morgan fingerprint density at radius 2 is 1.88 bits per heavy atom. The number of carbonyl (C=O) groups is 4. The van der Waals surface area contributed by atoms with Gasteiger partial charge < -0.3 is 30.3 Å². The molecule has 3 heterocycles. The summed E-state index contributed by atoms with van der Waals surface area (Å²) in [6.45, 7) is 7.83. The summed E-state index contributed by atoms with van der Waals surface area (Å²) in [4.78, 5) is 62.0. The average molecular weight is 787 g/mol. The van der Waals surface area contributed by atoms with Gasteiger partial charge in [-0.3, -0.25) is 19.1 Å². The minimum Gasteiger partial charge on any atom is -0.496 e. The van der Waals surface area contributed by atoms with Crippen LogP contribution in [-0.4, -0.2) is 91.2 Å². The van der Waals surface area contributed by atoms with E-state index in [1.165, 1.54) is 11.0 Å². The first-order valence-electron chi connectivity index (χ1n) is 19.4. The van der Waals surface area contributed by atoms with Crippen LogP contribution in [-0.2, 0) is 30.8 Å². The number of nitrogens with zero attached hydrogens (tertiary/aromatic N) is 2. The SMILES string of the molecule is C=C[C@H]1C[C@]1(NC(=O)[C@@H]1C[C@@H]2CN1C(=O)[C@H](C(C)C)NC(=O)NCCCCCc1cc3c(cc(-c4ccccc4)nc3cc1OC)O2)C(=O)NS(=O)(=O)C1CC1. The highest BCUT2D eigenvalue weighted by Gasteiger charge is 2.62. The Labute approximate surface area is 327 Å². The number of rotatable bonds is 9. The molecule has 1 saturated heterocycles. The van der Waals surface area contributed by atoms with E-state index in [0.29, 0.717) is 42.1 Å².